The Hall–Kier alpha value is -2.08. The van der Waals surface area contributed by atoms with Gasteiger partial charge in [0, 0.05) is 62.1 Å². The molecule has 0 aliphatic carbocycles. The Morgan fingerprint density at radius 1 is 1.12 bits per heavy atom. The third-order valence-corrected chi connectivity index (χ3v) is 5.55. The molecule has 6 heteroatoms. The lowest BCUT2D eigenvalue weighted by Crippen LogP contribution is -2.35. The number of thiazole rings is 1. The first-order valence-corrected chi connectivity index (χ1v) is 9.89. The molecule has 134 valence electrons. The highest BCUT2D eigenvalue weighted by atomic mass is 32.1. The van der Waals surface area contributed by atoms with Crippen LogP contribution in [0.5, 0.6) is 0 Å². The molecule has 5 nitrogen and oxygen atoms in total. The molecule has 1 fully saturated rings. The van der Waals surface area contributed by atoms with Gasteiger partial charge in [-0.05, 0) is 44.5 Å². The zero-order valence-electron chi connectivity index (χ0n) is 15.0. The Morgan fingerprint density at radius 3 is 2.52 bits per heavy atom. The second-order valence-electron chi connectivity index (χ2n) is 6.17. The van der Waals surface area contributed by atoms with E-state index < -0.39 is 0 Å². The van der Waals surface area contributed by atoms with Gasteiger partial charge in [0.05, 0.1) is 0 Å². The summed E-state index contributed by atoms with van der Waals surface area (Å²) in [5.74, 6) is 0.132. The maximum atomic E-state index is 12.8. The second-order valence-corrected chi connectivity index (χ2v) is 7.04. The van der Waals surface area contributed by atoms with Crippen molar-refractivity contribution in [1.29, 1.82) is 0 Å². The summed E-state index contributed by atoms with van der Waals surface area (Å²) in [6.07, 6.45) is 2.81. The van der Waals surface area contributed by atoms with E-state index in [1.807, 2.05) is 28.6 Å². The lowest BCUT2D eigenvalue weighted by molar-refractivity contribution is 0.0767. The number of carbonyl (C=O) groups excluding carboxylic acids is 1. The molecule has 2 heterocycles. The van der Waals surface area contributed by atoms with Gasteiger partial charge in [-0.15, -0.1) is 11.3 Å². The smallest absolute Gasteiger partial charge is 0.253 e. The molecule has 1 aromatic carbocycles. The summed E-state index contributed by atoms with van der Waals surface area (Å²) in [5.41, 5.74) is 1.95. The third-order valence-electron chi connectivity index (χ3n) is 4.72. The summed E-state index contributed by atoms with van der Waals surface area (Å²) in [5, 5.41) is 3.05. The number of amides is 1. The first-order valence-electron chi connectivity index (χ1n) is 9.01. The summed E-state index contributed by atoms with van der Waals surface area (Å²) in [7, 11) is 0. The Labute approximate surface area is 153 Å². The van der Waals surface area contributed by atoms with Crippen molar-refractivity contribution >= 4 is 28.1 Å². The van der Waals surface area contributed by atoms with Crippen molar-refractivity contribution in [2.45, 2.75) is 20.3 Å². The van der Waals surface area contributed by atoms with Gasteiger partial charge in [0.1, 0.15) is 0 Å². The number of benzene rings is 1. The van der Waals surface area contributed by atoms with Crippen molar-refractivity contribution in [3.8, 4) is 0 Å². The Balaban J connectivity index is 1.64. The lowest BCUT2D eigenvalue weighted by Gasteiger charge is -2.23. The van der Waals surface area contributed by atoms with E-state index in [-0.39, 0.29) is 5.91 Å². The first-order chi connectivity index (χ1) is 12.2. The number of aromatic nitrogens is 1. The summed E-state index contributed by atoms with van der Waals surface area (Å²) in [4.78, 5) is 23.8. The van der Waals surface area contributed by atoms with Crippen LogP contribution in [0.25, 0.3) is 0 Å². The van der Waals surface area contributed by atoms with Crippen LogP contribution in [0.15, 0.2) is 35.8 Å². The number of anilines is 2. The van der Waals surface area contributed by atoms with Gasteiger partial charge >= 0.3 is 0 Å². The van der Waals surface area contributed by atoms with Crippen molar-refractivity contribution in [2.75, 3.05) is 49.1 Å². The van der Waals surface area contributed by atoms with Gasteiger partial charge in [-0.1, -0.05) is 0 Å². The molecule has 1 amide bonds. The number of hydrogen-bond donors (Lipinski definition) is 0. The number of carbonyl (C=O) groups is 1. The Morgan fingerprint density at radius 2 is 1.88 bits per heavy atom. The predicted molar refractivity (Wildman–Crippen MR) is 105 cm³/mol. The lowest BCUT2D eigenvalue weighted by atomic mass is 10.1. The zero-order valence-corrected chi connectivity index (χ0v) is 15.8. The number of hydrogen-bond acceptors (Lipinski definition) is 5. The SMILES string of the molecule is CCN(CC)c1ccc(C(=O)N2CCCN(c3nccs3)CC2)cc1. The molecule has 0 bridgehead atoms. The maximum Gasteiger partial charge on any atom is 0.253 e. The van der Waals surface area contributed by atoms with Crippen LogP contribution in [0.3, 0.4) is 0 Å². The number of nitrogens with zero attached hydrogens (tertiary/aromatic N) is 4. The van der Waals surface area contributed by atoms with E-state index in [0.717, 1.165) is 56.4 Å². The van der Waals surface area contributed by atoms with E-state index in [2.05, 4.69) is 40.8 Å². The normalized spacial score (nSPS) is 15.1. The monoisotopic (exact) mass is 358 g/mol. The minimum absolute atomic E-state index is 0.132. The van der Waals surface area contributed by atoms with Gasteiger partial charge in [-0.2, -0.15) is 0 Å². The molecule has 25 heavy (non-hydrogen) atoms. The largest absolute Gasteiger partial charge is 0.372 e. The quantitative estimate of drug-likeness (QED) is 0.822. The van der Waals surface area contributed by atoms with Crippen LogP contribution < -0.4 is 9.80 Å². The highest BCUT2D eigenvalue weighted by molar-refractivity contribution is 7.13. The Bertz CT molecular complexity index is 667. The number of rotatable bonds is 5. The molecule has 0 unspecified atom stereocenters. The molecule has 2 aromatic rings. The molecule has 1 aliphatic heterocycles. The van der Waals surface area contributed by atoms with Gasteiger partial charge in [-0.3, -0.25) is 4.79 Å². The molecular formula is C19H26N4OS. The second kappa shape index (κ2) is 8.34. The van der Waals surface area contributed by atoms with E-state index in [1.54, 1.807) is 11.3 Å². The van der Waals surface area contributed by atoms with Crippen LogP contribution in [0.2, 0.25) is 0 Å². The molecule has 0 N–H and O–H groups in total. The van der Waals surface area contributed by atoms with E-state index in [0.29, 0.717) is 0 Å². The van der Waals surface area contributed by atoms with Gasteiger partial charge < -0.3 is 14.7 Å². The molecule has 0 saturated carbocycles. The van der Waals surface area contributed by atoms with E-state index >= 15 is 0 Å². The maximum absolute atomic E-state index is 12.8. The molecule has 0 radical (unpaired) electrons. The molecule has 1 saturated heterocycles. The van der Waals surface area contributed by atoms with Crippen LogP contribution in [0.1, 0.15) is 30.6 Å². The van der Waals surface area contributed by atoms with E-state index in [1.165, 1.54) is 5.69 Å². The molecule has 1 aromatic heterocycles. The summed E-state index contributed by atoms with van der Waals surface area (Å²) in [6, 6.07) is 8.03. The van der Waals surface area contributed by atoms with Crippen molar-refractivity contribution < 1.29 is 4.79 Å². The summed E-state index contributed by atoms with van der Waals surface area (Å²) >= 11 is 1.66. The summed E-state index contributed by atoms with van der Waals surface area (Å²) < 4.78 is 0. The fraction of sp³-hybridized carbons (Fsp3) is 0.474. The summed E-state index contributed by atoms with van der Waals surface area (Å²) in [6.45, 7) is 9.59. The third kappa shape index (κ3) is 4.12. The van der Waals surface area contributed by atoms with Crippen LogP contribution in [-0.4, -0.2) is 55.1 Å². The van der Waals surface area contributed by atoms with Crippen molar-refractivity contribution in [3.63, 3.8) is 0 Å². The van der Waals surface area contributed by atoms with Gasteiger partial charge in [0.25, 0.3) is 5.91 Å². The standard InChI is InChI=1S/C19H26N4OS/c1-3-21(4-2)17-8-6-16(7-9-17)18(24)22-11-5-12-23(14-13-22)19-20-10-15-25-19/h6-10,15H,3-5,11-14H2,1-2H3. The molecule has 1 aliphatic rings. The molecule has 0 atom stereocenters. The zero-order chi connectivity index (χ0) is 17.6. The fourth-order valence-electron chi connectivity index (χ4n) is 3.27. The van der Waals surface area contributed by atoms with Gasteiger partial charge in [0.15, 0.2) is 5.13 Å². The van der Waals surface area contributed by atoms with Gasteiger partial charge in [0.2, 0.25) is 0 Å². The predicted octanol–water partition coefficient (Wildman–Crippen LogP) is 3.34. The Kier molecular flexibility index (Phi) is 5.91. The van der Waals surface area contributed by atoms with Crippen LogP contribution in [0, 0.1) is 0 Å². The van der Waals surface area contributed by atoms with Crippen LogP contribution in [0.4, 0.5) is 10.8 Å². The average Bonchev–Trinajstić information content (AvgIpc) is 3.07. The highest BCUT2D eigenvalue weighted by Crippen LogP contribution is 2.20. The van der Waals surface area contributed by atoms with Crippen LogP contribution in [-0.2, 0) is 0 Å². The minimum atomic E-state index is 0.132. The minimum Gasteiger partial charge on any atom is -0.372 e. The first kappa shape index (κ1) is 17.7. The molecule has 3 rings (SSSR count). The van der Waals surface area contributed by atoms with E-state index in [9.17, 15) is 4.79 Å². The highest BCUT2D eigenvalue weighted by Gasteiger charge is 2.21. The average molecular weight is 359 g/mol. The molecule has 0 spiro atoms. The van der Waals surface area contributed by atoms with Crippen molar-refractivity contribution in [1.82, 2.24) is 9.88 Å². The topological polar surface area (TPSA) is 39.7 Å². The van der Waals surface area contributed by atoms with Crippen molar-refractivity contribution in [3.05, 3.63) is 41.4 Å². The fourth-order valence-corrected chi connectivity index (χ4v) is 3.97. The van der Waals surface area contributed by atoms with Gasteiger partial charge in [-0.25, -0.2) is 4.98 Å². The van der Waals surface area contributed by atoms with Crippen LogP contribution >= 0.6 is 11.3 Å². The molecular weight excluding hydrogens is 332 g/mol. The van der Waals surface area contributed by atoms with E-state index in [4.69, 9.17) is 0 Å². The van der Waals surface area contributed by atoms with Crippen molar-refractivity contribution in [2.24, 2.45) is 0 Å².